The molecule has 0 spiro atoms. The van der Waals surface area contributed by atoms with Gasteiger partial charge in [0.15, 0.2) is 0 Å². The standard InChI is InChI=1S/C20H19Cl2N3O3/c1-3-28-16-7-5-4-6-15(16)24-19(26)17-11(2)23-20(27)25-18(17)13-9-8-12(21)10-14(13)22/h4-10,18H,3H2,1-2H3,(H,24,26)(H2,23,25,27). The van der Waals surface area contributed by atoms with Gasteiger partial charge in [-0.3, -0.25) is 4.79 Å². The lowest BCUT2D eigenvalue weighted by atomic mass is 9.94. The van der Waals surface area contributed by atoms with Gasteiger partial charge in [-0.25, -0.2) is 4.79 Å². The van der Waals surface area contributed by atoms with Gasteiger partial charge in [0.1, 0.15) is 5.75 Å². The van der Waals surface area contributed by atoms with Gasteiger partial charge in [-0.15, -0.1) is 0 Å². The number of rotatable bonds is 5. The first kappa shape index (κ1) is 20.0. The van der Waals surface area contributed by atoms with Crippen LogP contribution in [-0.2, 0) is 4.79 Å². The first-order valence-electron chi connectivity index (χ1n) is 8.67. The Bertz CT molecular complexity index is 959. The minimum atomic E-state index is -0.724. The molecular weight excluding hydrogens is 401 g/mol. The molecule has 3 N–H and O–H groups in total. The van der Waals surface area contributed by atoms with Gasteiger partial charge in [0, 0.05) is 15.7 Å². The molecule has 0 fully saturated rings. The summed E-state index contributed by atoms with van der Waals surface area (Å²) in [6.07, 6.45) is 0. The molecule has 1 atom stereocenters. The first-order valence-corrected chi connectivity index (χ1v) is 9.42. The molecule has 3 amide bonds. The van der Waals surface area contributed by atoms with E-state index in [4.69, 9.17) is 27.9 Å². The first-order chi connectivity index (χ1) is 13.4. The van der Waals surface area contributed by atoms with Crippen molar-refractivity contribution in [2.75, 3.05) is 11.9 Å². The minimum Gasteiger partial charge on any atom is -0.492 e. The molecule has 1 heterocycles. The number of hydrogen-bond acceptors (Lipinski definition) is 3. The Balaban J connectivity index is 1.98. The number of para-hydroxylation sites is 2. The van der Waals surface area contributed by atoms with Gasteiger partial charge in [-0.1, -0.05) is 41.4 Å². The number of nitrogens with one attached hydrogen (secondary N) is 3. The molecule has 28 heavy (non-hydrogen) atoms. The molecule has 0 saturated carbocycles. The second-order valence-electron chi connectivity index (χ2n) is 6.12. The lowest BCUT2D eigenvalue weighted by Gasteiger charge is -2.29. The summed E-state index contributed by atoms with van der Waals surface area (Å²) in [6, 6.07) is 10.9. The van der Waals surface area contributed by atoms with Gasteiger partial charge in [0.05, 0.1) is 23.9 Å². The molecule has 3 rings (SSSR count). The summed E-state index contributed by atoms with van der Waals surface area (Å²) in [4.78, 5) is 25.1. The highest BCUT2D eigenvalue weighted by Gasteiger charge is 2.32. The van der Waals surface area contributed by atoms with E-state index in [1.54, 1.807) is 43.3 Å². The Morgan fingerprint density at radius 2 is 1.96 bits per heavy atom. The van der Waals surface area contributed by atoms with Gasteiger partial charge in [0.25, 0.3) is 5.91 Å². The third kappa shape index (κ3) is 4.24. The number of benzene rings is 2. The predicted molar refractivity (Wildman–Crippen MR) is 110 cm³/mol. The molecule has 0 bridgehead atoms. The van der Waals surface area contributed by atoms with E-state index in [1.807, 2.05) is 13.0 Å². The summed E-state index contributed by atoms with van der Waals surface area (Å²) in [5, 5.41) is 9.06. The molecular formula is C20H19Cl2N3O3. The maximum atomic E-state index is 13.1. The quantitative estimate of drug-likeness (QED) is 0.659. The Morgan fingerprint density at radius 3 is 2.68 bits per heavy atom. The molecule has 0 aromatic heterocycles. The Morgan fingerprint density at radius 1 is 1.21 bits per heavy atom. The fourth-order valence-electron chi connectivity index (χ4n) is 3.00. The fraction of sp³-hybridized carbons (Fsp3) is 0.200. The topological polar surface area (TPSA) is 79.5 Å². The van der Waals surface area contributed by atoms with Crippen LogP contribution in [-0.4, -0.2) is 18.5 Å². The van der Waals surface area contributed by atoms with E-state index >= 15 is 0 Å². The minimum absolute atomic E-state index is 0.343. The van der Waals surface area contributed by atoms with Gasteiger partial charge >= 0.3 is 6.03 Å². The second kappa shape index (κ2) is 8.54. The van der Waals surface area contributed by atoms with E-state index in [0.29, 0.717) is 44.9 Å². The largest absolute Gasteiger partial charge is 0.492 e. The van der Waals surface area contributed by atoms with Crippen LogP contribution in [0.1, 0.15) is 25.5 Å². The van der Waals surface area contributed by atoms with E-state index in [0.717, 1.165) is 0 Å². The molecule has 2 aromatic carbocycles. The number of urea groups is 1. The van der Waals surface area contributed by atoms with Crippen LogP contribution < -0.4 is 20.7 Å². The Kier molecular flexibility index (Phi) is 6.11. The van der Waals surface area contributed by atoms with Gasteiger partial charge in [-0.05, 0) is 43.7 Å². The normalized spacial score (nSPS) is 16.3. The van der Waals surface area contributed by atoms with E-state index in [9.17, 15) is 9.59 Å². The molecule has 8 heteroatoms. The number of ether oxygens (including phenoxy) is 1. The zero-order valence-electron chi connectivity index (χ0n) is 15.3. The van der Waals surface area contributed by atoms with Crippen molar-refractivity contribution >= 4 is 40.8 Å². The summed E-state index contributed by atoms with van der Waals surface area (Å²) in [5.74, 6) is 0.179. The molecule has 6 nitrogen and oxygen atoms in total. The van der Waals surface area contributed by atoms with Crippen molar-refractivity contribution in [3.63, 3.8) is 0 Å². The number of anilines is 1. The number of carbonyl (C=O) groups is 2. The van der Waals surface area contributed by atoms with Crippen molar-refractivity contribution in [3.8, 4) is 5.75 Å². The van der Waals surface area contributed by atoms with Crippen LogP contribution in [0, 0.1) is 0 Å². The zero-order chi connectivity index (χ0) is 20.3. The smallest absolute Gasteiger partial charge is 0.319 e. The highest BCUT2D eigenvalue weighted by atomic mass is 35.5. The molecule has 0 saturated heterocycles. The van der Waals surface area contributed by atoms with Crippen molar-refractivity contribution in [1.82, 2.24) is 10.6 Å². The van der Waals surface area contributed by atoms with Crippen LogP contribution in [0.2, 0.25) is 10.0 Å². The van der Waals surface area contributed by atoms with E-state index in [2.05, 4.69) is 16.0 Å². The maximum Gasteiger partial charge on any atom is 0.319 e. The zero-order valence-corrected chi connectivity index (χ0v) is 16.8. The SMILES string of the molecule is CCOc1ccccc1NC(=O)C1=C(C)NC(=O)NC1c1ccc(Cl)cc1Cl. The molecule has 2 aromatic rings. The van der Waals surface area contributed by atoms with Gasteiger partial charge in [-0.2, -0.15) is 0 Å². The van der Waals surface area contributed by atoms with Gasteiger partial charge < -0.3 is 20.7 Å². The molecule has 1 aliphatic heterocycles. The summed E-state index contributed by atoms with van der Waals surface area (Å²) in [6.45, 7) is 4.00. The number of allylic oxidation sites excluding steroid dienone is 1. The fourth-order valence-corrected chi connectivity index (χ4v) is 3.52. The second-order valence-corrected chi connectivity index (χ2v) is 6.96. The van der Waals surface area contributed by atoms with Crippen molar-refractivity contribution in [2.45, 2.75) is 19.9 Å². The van der Waals surface area contributed by atoms with Gasteiger partial charge in [0.2, 0.25) is 0 Å². The van der Waals surface area contributed by atoms with Crippen molar-refractivity contribution in [1.29, 1.82) is 0 Å². The molecule has 1 aliphatic rings. The lowest BCUT2D eigenvalue weighted by molar-refractivity contribution is -0.113. The molecule has 0 aliphatic carbocycles. The van der Waals surface area contributed by atoms with Crippen molar-refractivity contribution in [2.24, 2.45) is 0 Å². The number of amides is 3. The van der Waals surface area contributed by atoms with Crippen LogP contribution in [0.5, 0.6) is 5.75 Å². The van der Waals surface area contributed by atoms with E-state index in [-0.39, 0.29) is 5.91 Å². The number of halogens is 2. The van der Waals surface area contributed by atoms with Crippen molar-refractivity contribution < 1.29 is 14.3 Å². The van der Waals surface area contributed by atoms with Crippen LogP contribution in [0.15, 0.2) is 53.7 Å². The third-order valence-electron chi connectivity index (χ3n) is 4.22. The maximum absolute atomic E-state index is 13.1. The molecule has 146 valence electrons. The van der Waals surface area contributed by atoms with E-state index < -0.39 is 12.1 Å². The van der Waals surface area contributed by atoms with Crippen molar-refractivity contribution in [3.05, 3.63) is 69.3 Å². The average molecular weight is 420 g/mol. The lowest BCUT2D eigenvalue weighted by Crippen LogP contribution is -2.46. The summed E-state index contributed by atoms with van der Waals surface area (Å²) >= 11 is 12.3. The summed E-state index contributed by atoms with van der Waals surface area (Å²) in [7, 11) is 0. The highest BCUT2D eigenvalue weighted by Crippen LogP contribution is 2.34. The van der Waals surface area contributed by atoms with Crippen LogP contribution in [0.25, 0.3) is 0 Å². The average Bonchev–Trinajstić information content (AvgIpc) is 2.62. The van der Waals surface area contributed by atoms with Crippen LogP contribution >= 0.6 is 23.2 Å². The van der Waals surface area contributed by atoms with Crippen LogP contribution in [0.3, 0.4) is 0 Å². The highest BCUT2D eigenvalue weighted by molar-refractivity contribution is 6.35. The number of carbonyl (C=O) groups excluding carboxylic acids is 2. The predicted octanol–water partition coefficient (Wildman–Crippen LogP) is 4.66. The monoisotopic (exact) mass is 419 g/mol. The third-order valence-corrected chi connectivity index (χ3v) is 4.78. The van der Waals surface area contributed by atoms with E-state index in [1.165, 1.54) is 0 Å². The molecule has 0 radical (unpaired) electrons. The summed E-state index contributed by atoms with van der Waals surface area (Å²) < 4.78 is 5.56. The molecule has 1 unspecified atom stereocenters. The summed E-state index contributed by atoms with van der Waals surface area (Å²) in [5.41, 5.74) is 1.89. The number of hydrogen-bond donors (Lipinski definition) is 3. The Labute approximate surface area is 172 Å². The Hall–Kier alpha value is -2.70. The van der Waals surface area contributed by atoms with Crippen LogP contribution in [0.4, 0.5) is 10.5 Å².